The fourth-order valence-corrected chi connectivity index (χ4v) is 6.04. The number of thiophene rings is 1. The van der Waals surface area contributed by atoms with E-state index in [1.54, 1.807) is 35.2 Å². The first-order valence-corrected chi connectivity index (χ1v) is 13.1. The van der Waals surface area contributed by atoms with Crippen LogP contribution in [0.5, 0.6) is 5.75 Å². The summed E-state index contributed by atoms with van der Waals surface area (Å²) in [5.41, 5.74) is 12.5. The molecule has 36 heavy (non-hydrogen) atoms. The molecular weight excluding hydrogens is 545 g/mol. The molecule has 0 atom stereocenters. The third kappa shape index (κ3) is 5.34. The topological polar surface area (TPSA) is 119 Å². The Hall–Kier alpha value is -2.33. The second-order valence-electron chi connectivity index (χ2n) is 8.48. The summed E-state index contributed by atoms with van der Waals surface area (Å²) in [6.45, 7) is 0.281. The molecule has 1 saturated heterocycles. The average molecular weight is 569 g/mol. The Labute approximate surface area is 227 Å². The van der Waals surface area contributed by atoms with Crippen LogP contribution in [0.25, 0.3) is 21.6 Å². The number of piperidine rings is 1. The summed E-state index contributed by atoms with van der Waals surface area (Å²) in [6, 6.07) is 12.3. The molecule has 3 aromatic rings. The predicted molar refractivity (Wildman–Crippen MR) is 144 cm³/mol. The molecule has 2 amide bonds. The number of hydrogen-bond donors (Lipinski definition) is 3. The molecule has 0 unspecified atom stereocenters. The van der Waals surface area contributed by atoms with E-state index in [1.807, 2.05) is 12.1 Å². The third-order valence-electron chi connectivity index (χ3n) is 6.14. The quantitative estimate of drug-likeness (QED) is 0.377. The van der Waals surface area contributed by atoms with Gasteiger partial charge in [-0.3, -0.25) is 9.59 Å². The lowest BCUT2D eigenvalue weighted by Crippen LogP contribution is -2.58. The van der Waals surface area contributed by atoms with Gasteiger partial charge in [0.15, 0.2) is 5.75 Å². The monoisotopic (exact) mass is 567 g/mol. The lowest BCUT2D eigenvalue weighted by Gasteiger charge is -2.36. The van der Waals surface area contributed by atoms with E-state index in [-0.39, 0.29) is 45.1 Å². The molecule has 4 rings (SSSR count). The van der Waals surface area contributed by atoms with E-state index < -0.39 is 11.4 Å². The predicted octanol–water partition coefficient (Wildman–Crippen LogP) is 4.83. The molecule has 1 aliphatic heterocycles. The number of benzene rings is 2. The summed E-state index contributed by atoms with van der Waals surface area (Å²) in [7, 11) is 0. The van der Waals surface area contributed by atoms with Crippen molar-refractivity contribution >= 4 is 58.0 Å². The van der Waals surface area contributed by atoms with Gasteiger partial charge in [0.1, 0.15) is 11.5 Å². The molecule has 1 fully saturated rings. The number of amides is 2. The van der Waals surface area contributed by atoms with Gasteiger partial charge in [0.05, 0.1) is 17.2 Å². The smallest absolute Gasteiger partial charge is 0.267 e. The second-order valence-corrected chi connectivity index (χ2v) is 10.8. The van der Waals surface area contributed by atoms with Crippen LogP contribution in [-0.2, 0) is 4.79 Å². The number of ether oxygens (including phenoxy) is 1. The third-order valence-corrected chi connectivity index (χ3v) is 8.13. The fraction of sp³-hybridized carbons (Fsp3) is 0.280. The van der Waals surface area contributed by atoms with Crippen molar-refractivity contribution in [1.29, 1.82) is 0 Å². The van der Waals surface area contributed by atoms with E-state index >= 15 is 0 Å². The van der Waals surface area contributed by atoms with Crippen molar-refractivity contribution in [2.24, 2.45) is 11.5 Å². The summed E-state index contributed by atoms with van der Waals surface area (Å²) >= 11 is 20.1. The summed E-state index contributed by atoms with van der Waals surface area (Å²) in [5, 5.41) is 10.9. The lowest BCUT2D eigenvalue weighted by atomic mass is 9.88. The highest BCUT2D eigenvalue weighted by molar-refractivity contribution is 7.18. The van der Waals surface area contributed by atoms with Gasteiger partial charge in [-0.25, -0.2) is 0 Å². The zero-order valence-electron chi connectivity index (χ0n) is 19.1. The molecule has 2 heterocycles. The summed E-state index contributed by atoms with van der Waals surface area (Å²) < 4.78 is 5.97. The Morgan fingerprint density at radius 1 is 1.06 bits per heavy atom. The number of rotatable bonds is 7. The number of carbonyl (C=O) groups is 2. The minimum Gasteiger partial charge on any atom is -0.489 e. The van der Waals surface area contributed by atoms with Gasteiger partial charge < -0.3 is 26.2 Å². The molecule has 190 valence electrons. The number of nitrogens with zero attached hydrogens (tertiary/aromatic N) is 1. The standard InChI is InChI=1S/C25H24Cl3N3O4S/c26-15-3-1-14(2-4-15)19-20(35-12-11-32)22(36-21(19)17-6-5-16(27)13-18(17)28)23(33)31-9-7-25(30,8-10-31)24(29)34/h1-6,13,32H,7-12,30H2,(H2,29,34). The largest absolute Gasteiger partial charge is 0.489 e. The van der Waals surface area contributed by atoms with Crippen molar-refractivity contribution in [1.82, 2.24) is 4.90 Å². The van der Waals surface area contributed by atoms with E-state index in [1.165, 1.54) is 11.3 Å². The van der Waals surface area contributed by atoms with Crippen LogP contribution in [0, 0.1) is 0 Å². The van der Waals surface area contributed by atoms with Crippen molar-refractivity contribution < 1.29 is 19.4 Å². The number of hydrogen-bond acceptors (Lipinski definition) is 6. The number of primary amides is 1. The minimum absolute atomic E-state index is 0.0149. The number of carbonyl (C=O) groups excluding carboxylic acids is 2. The first kappa shape index (κ1) is 26.7. The van der Waals surface area contributed by atoms with Gasteiger partial charge in [-0.05, 0) is 42.7 Å². The Balaban J connectivity index is 1.85. The normalized spacial score (nSPS) is 15.1. The Morgan fingerprint density at radius 3 is 2.28 bits per heavy atom. The molecule has 7 nitrogen and oxygen atoms in total. The molecule has 11 heteroatoms. The highest BCUT2D eigenvalue weighted by Gasteiger charge is 2.39. The van der Waals surface area contributed by atoms with Crippen molar-refractivity contribution in [3.8, 4) is 27.3 Å². The van der Waals surface area contributed by atoms with Gasteiger partial charge >= 0.3 is 0 Å². The first-order chi connectivity index (χ1) is 17.1. The van der Waals surface area contributed by atoms with Crippen LogP contribution in [0.4, 0.5) is 0 Å². The van der Waals surface area contributed by atoms with Crippen LogP contribution in [0.15, 0.2) is 42.5 Å². The summed E-state index contributed by atoms with van der Waals surface area (Å²) in [5.74, 6) is -0.518. The van der Waals surface area contributed by atoms with Gasteiger partial charge in [-0.15, -0.1) is 11.3 Å². The van der Waals surface area contributed by atoms with Crippen LogP contribution in [-0.4, -0.2) is 53.7 Å². The zero-order valence-corrected chi connectivity index (χ0v) is 22.2. The lowest BCUT2D eigenvalue weighted by molar-refractivity contribution is -0.124. The highest BCUT2D eigenvalue weighted by atomic mass is 35.5. The van der Waals surface area contributed by atoms with Gasteiger partial charge in [0.2, 0.25) is 5.91 Å². The molecule has 2 aromatic carbocycles. The van der Waals surface area contributed by atoms with E-state index in [0.717, 1.165) is 5.56 Å². The molecule has 0 bridgehead atoms. The maximum atomic E-state index is 13.7. The molecule has 0 saturated carbocycles. The molecule has 0 spiro atoms. The van der Waals surface area contributed by atoms with Crippen molar-refractivity contribution in [2.45, 2.75) is 18.4 Å². The molecule has 1 aromatic heterocycles. The Kier molecular flexibility index (Phi) is 8.14. The van der Waals surface area contributed by atoms with Crippen LogP contribution >= 0.6 is 46.1 Å². The van der Waals surface area contributed by atoms with Crippen LogP contribution < -0.4 is 16.2 Å². The van der Waals surface area contributed by atoms with Gasteiger partial charge in [-0.1, -0.05) is 53.0 Å². The van der Waals surface area contributed by atoms with Gasteiger partial charge in [0, 0.05) is 39.1 Å². The summed E-state index contributed by atoms with van der Waals surface area (Å²) in [4.78, 5) is 28.2. The maximum absolute atomic E-state index is 13.7. The second kappa shape index (κ2) is 11.0. The number of nitrogens with two attached hydrogens (primary N) is 2. The van der Waals surface area contributed by atoms with E-state index in [0.29, 0.717) is 41.7 Å². The summed E-state index contributed by atoms with van der Waals surface area (Å²) in [6.07, 6.45) is 0.512. The van der Waals surface area contributed by atoms with Crippen LogP contribution in [0.2, 0.25) is 15.1 Å². The van der Waals surface area contributed by atoms with Crippen LogP contribution in [0.3, 0.4) is 0 Å². The number of halogens is 3. The molecule has 0 aliphatic carbocycles. The number of aliphatic hydroxyl groups is 1. The van der Waals surface area contributed by atoms with Crippen LogP contribution in [0.1, 0.15) is 22.5 Å². The average Bonchev–Trinajstić information content (AvgIpc) is 3.22. The molecular formula is C25H24Cl3N3O4S. The SMILES string of the molecule is NC(=O)C1(N)CCN(C(=O)c2sc(-c3ccc(Cl)cc3Cl)c(-c3ccc(Cl)cc3)c2OCCO)CC1. The molecule has 0 radical (unpaired) electrons. The Bertz CT molecular complexity index is 1290. The highest BCUT2D eigenvalue weighted by Crippen LogP contribution is 2.50. The maximum Gasteiger partial charge on any atom is 0.267 e. The number of likely N-dealkylation sites (tertiary alicyclic amines) is 1. The van der Waals surface area contributed by atoms with Crippen molar-refractivity contribution in [3.63, 3.8) is 0 Å². The van der Waals surface area contributed by atoms with Crippen molar-refractivity contribution in [3.05, 3.63) is 62.4 Å². The molecule has 1 aliphatic rings. The Morgan fingerprint density at radius 2 is 1.69 bits per heavy atom. The first-order valence-electron chi connectivity index (χ1n) is 11.1. The van der Waals surface area contributed by atoms with Gasteiger partial charge in [0.25, 0.3) is 5.91 Å². The van der Waals surface area contributed by atoms with Crippen molar-refractivity contribution in [2.75, 3.05) is 26.3 Å². The molecule has 5 N–H and O–H groups in total. The van der Waals surface area contributed by atoms with Gasteiger partial charge in [-0.2, -0.15) is 0 Å². The number of aliphatic hydroxyl groups excluding tert-OH is 1. The minimum atomic E-state index is -1.14. The zero-order chi connectivity index (χ0) is 26.0. The fourth-order valence-electron chi connectivity index (χ4n) is 4.08. The van der Waals surface area contributed by atoms with E-state index in [9.17, 15) is 14.7 Å². The van der Waals surface area contributed by atoms with E-state index in [4.69, 9.17) is 51.0 Å². The van der Waals surface area contributed by atoms with E-state index in [2.05, 4.69) is 0 Å².